The number of ether oxygens (including phenoxy) is 1. The number of esters is 1. The summed E-state index contributed by atoms with van der Waals surface area (Å²) in [7, 11) is 0. The molecular formula is C13H13N3O8. The second-order valence-corrected chi connectivity index (χ2v) is 4.76. The SMILES string of the molecule is C=C(C)C(=O)OCCCc1cc([N+](=O)[O-])cc([N+](=O)[O-])c1[N+](=O)[O-]. The number of rotatable bonds is 8. The van der Waals surface area contributed by atoms with Crippen molar-refractivity contribution in [3.8, 4) is 0 Å². The summed E-state index contributed by atoms with van der Waals surface area (Å²) in [4.78, 5) is 41.2. The molecule has 11 heteroatoms. The van der Waals surface area contributed by atoms with Crippen LogP contribution >= 0.6 is 0 Å². The lowest BCUT2D eigenvalue weighted by molar-refractivity contribution is -0.424. The number of aryl methyl sites for hydroxylation is 1. The van der Waals surface area contributed by atoms with Crippen LogP contribution in [-0.4, -0.2) is 27.3 Å². The number of hydrogen-bond acceptors (Lipinski definition) is 8. The fraction of sp³-hybridized carbons (Fsp3) is 0.308. The van der Waals surface area contributed by atoms with Crippen LogP contribution in [0, 0.1) is 30.3 Å². The van der Waals surface area contributed by atoms with Gasteiger partial charge in [0.15, 0.2) is 0 Å². The number of hydrogen-bond donors (Lipinski definition) is 0. The van der Waals surface area contributed by atoms with Gasteiger partial charge in [-0.1, -0.05) is 6.58 Å². The van der Waals surface area contributed by atoms with E-state index in [1.807, 2.05) is 0 Å². The summed E-state index contributed by atoms with van der Waals surface area (Å²) in [5.74, 6) is -0.644. The highest BCUT2D eigenvalue weighted by atomic mass is 16.6. The summed E-state index contributed by atoms with van der Waals surface area (Å²) in [6.45, 7) is 4.71. The first-order chi connectivity index (χ1) is 11.1. The van der Waals surface area contributed by atoms with Crippen LogP contribution in [0.4, 0.5) is 17.1 Å². The largest absolute Gasteiger partial charge is 0.462 e. The Kier molecular flexibility index (Phi) is 6.04. The Morgan fingerprint density at radius 3 is 2.21 bits per heavy atom. The van der Waals surface area contributed by atoms with Crippen molar-refractivity contribution < 1.29 is 24.3 Å². The maximum absolute atomic E-state index is 11.2. The average molecular weight is 339 g/mol. The number of carbonyl (C=O) groups excluding carboxylic acids is 1. The van der Waals surface area contributed by atoms with E-state index in [1.165, 1.54) is 6.92 Å². The number of carbonyl (C=O) groups is 1. The molecule has 0 aliphatic carbocycles. The Bertz CT molecular complexity index is 728. The van der Waals surface area contributed by atoms with Crippen molar-refractivity contribution in [2.24, 2.45) is 0 Å². The molecule has 1 aromatic carbocycles. The number of non-ortho nitro benzene ring substituents is 1. The Morgan fingerprint density at radius 2 is 1.75 bits per heavy atom. The van der Waals surface area contributed by atoms with Crippen LogP contribution in [0.3, 0.4) is 0 Å². The van der Waals surface area contributed by atoms with E-state index >= 15 is 0 Å². The van der Waals surface area contributed by atoms with Crippen LogP contribution in [0.2, 0.25) is 0 Å². The molecule has 0 fully saturated rings. The van der Waals surface area contributed by atoms with Crippen molar-refractivity contribution >= 4 is 23.0 Å². The molecule has 0 radical (unpaired) electrons. The minimum absolute atomic E-state index is 0.0954. The maximum Gasteiger partial charge on any atom is 0.353 e. The Labute approximate surface area is 135 Å². The van der Waals surface area contributed by atoms with E-state index in [-0.39, 0.29) is 30.6 Å². The third kappa shape index (κ3) is 4.56. The Balaban J connectivity index is 3.08. The first-order valence-corrected chi connectivity index (χ1v) is 6.57. The van der Waals surface area contributed by atoms with E-state index in [9.17, 15) is 35.1 Å². The monoisotopic (exact) mass is 339 g/mol. The fourth-order valence-electron chi connectivity index (χ4n) is 1.86. The predicted molar refractivity (Wildman–Crippen MR) is 80.5 cm³/mol. The van der Waals surface area contributed by atoms with Crippen LogP contribution < -0.4 is 0 Å². The molecule has 0 aromatic heterocycles. The molecule has 0 unspecified atom stereocenters. The topological polar surface area (TPSA) is 156 Å². The highest BCUT2D eigenvalue weighted by Crippen LogP contribution is 2.35. The molecule has 0 amide bonds. The highest BCUT2D eigenvalue weighted by Gasteiger charge is 2.32. The van der Waals surface area contributed by atoms with Crippen molar-refractivity contribution in [3.05, 3.63) is 60.2 Å². The summed E-state index contributed by atoms with van der Waals surface area (Å²) in [5, 5.41) is 32.9. The van der Waals surface area contributed by atoms with Gasteiger partial charge in [0, 0.05) is 17.2 Å². The summed E-state index contributed by atoms with van der Waals surface area (Å²) in [6.07, 6.45) is -0.0134. The zero-order valence-corrected chi connectivity index (χ0v) is 12.6. The molecule has 0 N–H and O–H groups in total. The van der Waals surface area contributed by atoms with Crippen LogP contribution in [0.25, 0.3) is 0 Å². The van der Waals surface area contributed by atoms with E-state index in [0.29, 0.717) is 6.07 Å². The third-order valence-electron chi connectivity index (χ3n) is 2.92. The van der Waals surface area contributed by atoms with E-state index in [1.54, 1.807) is 0 Å². The van der Waals surface area contributed by atoms with E-state index in [0.717, 1.165) is 6.07 Å². The zero-order valence-electron chi connectivity index (χ0n) is 12.6. The number of nitrogens with zero attached hydrogens (tertiary/aromatic N) is 3. The van der Waals surface area contributed by atoms with Crippen LogP contribution in [0.1, 0.15) is 18.9 Å². The number of nitro benzene ring substituents is 3. The van der Waals surface area contributed by atoms with E-state index in [2.05, 4.69) is 6.58 Å². The molecule has 0 aliphatic rings. The van der Waals surface area contributed by atoms with Gasteiger partial charge in [-0.25, -0.2) is 4.79 Å². The molecule has 24 heavy (non-hydrogen) atoms. The molecule has 128 valence electrons. The van der Waals surface area contributed by atoms with E-state index < -0.39 is 37.8 Å². The molecular weight excluding hydrogens is 326 g/mol. The van der Waals surface area contributed by atoms with Crippen molar-refractivity contribution in [2.75, 3.05) is 6.61 Å². The first kappa shape index (κ1) is 18.7. The first-order valence-electron chi connectivity index (χ1n) is 6.57. The predicted octanol–water partition coefficient (Wildman–Crippen LogP) is 2.46. The molecule has 0 spiro atoms. The molecule has 1 aromatic rings. The van der Waals surface area contributed by atoms with Gasteiger partial charge in [0.2, 0.25) is 0 Å². The Morgan fingerprint density at radius 1 is 1.12 bits per heavy atom. The van der Waals surface area contributed by atoms with E-state index in [4.69, 9.17) is 4.74 Å². The van der Waals surface area contributed by atoms with Gasteiger partial charge < -0.3 is 4.74 Å². The zero-order chi connectivity index (χ0) is 18.4. The standard InChI is InChI=1S/C13H13N3O8/c1-8(2)13(17)24-5-3-4-9-6-10(14(18)19)7-11(15(20)21)12(9)16(22)23/h6-7H,1,3-5H2,2H3. The van der Waals surface area contributed by atoms with Gasteiger partial charge in [0.25, 0.3) is 5.69 Å². The van der Waals surface area contributed by atoms with Gasteiger partial charge in [0.1, 0.15) is 6.07 Å². The van der Waals surface area contributed by atoms with Gasteiger partial charge in [-0.15, -0.1) is 0 Å². The molecule has 0 heterocycles. The van der Waals surface area contributed by atoms with Gasteiger partial charge in [0.05, 0.1) is 21.4 Å². The minimum atomic E-state index is -1.05. The number of benzene rings is 1. The maximum atomic E-state index is 11.2. The van der Waals surface area contributed by atoms with Gasteiger partial charge in [-0.3, -0.25) is 30.3 Å². The lowest BCUT2D eigenvalue weighted by Gasteiger charge is -2.06. The van der Waals surface area contributed by atoms with Crippen LogP contribution in [0.15, 0.2) is 24.3 Å². The van der Waals surface area contributed by atoms with Crippen LogP contribution in [-0.2, 0) is 16.0 Å². The highest BCUT2D eigenvalue weighted by molar-refractivity contribution is 5.86. The number of nitro groups is 3. The smallest absolute Gasteiger partial charge is 0.353 e. The van der Waals surface area contributed by atoms with Crippen molar-refractivity contribution in [2.45, 2.75) is 19.8 Å². The average Bonchev–Trinajstić information content (AvgIpc) is 2.49. The van der Waals surface area contributed by atoms with Crippen molar-refractivity contribution in [1.29, 1.82) is 0 Å². The summed E-state index contributed by atoms with van der Waals surface area (Å²) < 4.78 is 4.80. The molecule has 0 saturated heterocycles. The summed E-state index contributed by atoms with van der Waals surface area (Å²) in [6, 6.07) is 1.45. The lowest BCUT2D eigenvalue weighted by Crippen LogP contribution is -2.08. The van der Waals surface area contributed by atoms with Gasteiger partial charge in [-0.05, 0) is 19.8 Å². The third-order valence-corrected chi connectivity index (χ3v) is 2.92. The van der Waals surface area contributed by atoms with Gasteiger partial charge >= 0.3 is 17.3 Å². The fourth-order valence-corrected chi connectivity index (χ4v) is 1.86. The molecule has 1 rings (SSSR count). The van der Waals surface area contributed by atoms with Crippen LogP contribution in [0.5, 0.6) is 0 Å². The second-order valence-electron chi connectivity index (χ2n) is 4.76. The molecule has 0 aliphatic heterocycles. The molecule has 0 bridgehead atoms. The Hall–Kier alpha value is -3.37. The van der Waals surface area contributed by atoms with Crippen molar-refractivity contribution in [3.63, 3.8) is 0 Å². The van der Waals surface area contributed by atoms with Gasteiger partial charge in [-0.2, -0.15) is 0 Å². The summed E-state index contributed by atoms with van der Waals surface area (Å²) >= 11 is 0. The minimum Gasteiger partial charge on any atom is -0.462 e. The second kappa shape index (κ2) is 7.76. The molecule has 0 saturated carbocycles. The van der Waals surface area contributed by atoms with Crippen molar-refractivity contribution in [1.82, 2.24) is 0 Å². The quantitative estimate of drug-likeness (QED) is 0.230. The summed E-state index contributed by atoms with van der Waals surface area (Å²) in [5.41, 5.74) is -2.39. The lowest BCUT2D eigenvalue weighted by atomic mass is 10.1. The normalized spacial score (nSPS) is 10.0. The molecule has 11 nitrogen and oxygen atoms in total. The molecule has 0 atom stereocenters.